The first-order valence-electron chi connectivity index (χ1n) is 8.56. The molecule has 4 heteroatoms. The van der Waals surface area contributed by atoms with E-state index >= 15 is 0 Å². The van der Waals surface area contributed by atoms with E-state index in [9.17, 15) is 0 Å². The Kier molecular flexibility index (Phi) is 3.23. The molecule has 2 aromatic carbocycles. The molecule has 24 heavy (non-hydrogen) atoms. The molecule has 2 aliphatic heterocycles. The van der Waals surface area contributed by atoms with Crippen molar-refractivity contribution in [1.82, 2.24) is 9.88 Å². The van der Waals surface area contributed by atoms with Gasteiger partial charge in [0.2, 0.25) is 0 Å². The van der Waals surface area contributed by atoms with Crippen molar-refractivity contribution in [2.75, 3.05) is 19.7 Å². The summed E-state index contributed by atoms with van der Waals surface area (Å²) in [5.74, 6) is 1.71. The largest absolute Gasteiger partial charge is 0.486 e. The normalized spacial score (nSPS) is 20.1. The van der Waals surface area contributed by atoms with Crippen LogP contribution in [0.5, 0.6) is 11.5 Å². The minimum Gasteiger partial charge on any atom is -0.486 e. The molecule has 3 heterocycles. The molecule has 0 fully saturated rings. The first-order chi connectivity index (χ1) is 11.9. The van der Waals surface area contributed by atoms with E-state index in [-0.39, 0.29) is 6.10 Å². The summed E-state index contributed by atoms with van der Waals surface area (Å²) in [5.41, 5.74) is 4.07. The van der Waals surface area contributed by atoms with Gasteiger partial charge in [0.15, 0.2) is 11.5 Å². The Morgan fingerprint density at radius 2 is 1.88 bits per heavy atom. The molecule has 0 aliphatic carbocycles. The number of nitrogens with one attached hydrogen (secondary N) is 1. The molecule has 0 saturated heterocycles. The molecular formula is C20H20N2O2. The monoisotopic (exact) mass is 320 g/mol. The van der Waals surface area contributed by atoms with Gasteiger partial charge in [-0.1, -0.05) is 30.3 Å². The number of ether oxygens (including phenoxy) is 2. The molecule has 0 bridgehead atoms. The molecule has 1 atom stereocenters. The smallest absolute Gasteiger partial charge is 0.161 e. The van der Waals surface area contributed by atoms with Crippen molar-refractivity contribution in [2.24, 2.45) is 0 Å². The van der Waals surface area contributed by atoms with E-state index in [1.54, 1.807) is 0 Å². The Balaban J connectivity index is 1.33. The summed E-state index contributed by atoms with van der Waals surface area (Å²) >= 11 is 0. The Morgan fingerprint density at radius 1 is 1.04 bits per heavy atom. The summed E-state index contributed by atoms with van der Waals surface area (Å²) in [5, 5.41) is 1.35. The number of para-hydroxylation sites is 3. The first-order valence-corrected chi connectivity index (χ1v) is 8.56. The van der Waals surface area contributed by atoms with Gasteiger partial charge in [-0.3, -0.25) is 4.90 Å². The van der Waals surface area contributed by atoms with Crippen LogP contribution in [0, 0.1) is 0 Å². The topological polar surface area (TPSA) is 37.5 Å². The van der Waals surface area contributed by atoms with Crippen LogP contribution in [0.15, 0.2) is 48.5 Å². The lowest BCUT2D eigenvalue weighted by Crippen LogP contribution is -2.42. The van der Waals surface area contributed by atoms with Crippen LogP contribution >= 0.6 is 0 Å². The zero-order chi connectivity index (χ0) is 15.9. The average molecular weight is 320 g/mol. The maximum atomic E-state index is 6.12. The molecule has 122 valence electrons. The molecule has 5 rings (SSSR count). The molecule has 4 nitrogen and oxygen atoms in total. The van der Waals surface area contributed by atoms with Crippen LogP contribution in [0.2, 0.25) is 0 Å². The molecule has 0 spiro atoms. The minimum absolute atomic E-state index is 0.0895. The second-order valence-electron chi connectivity index (χ2n) is 6.61. The highest BCUT2D eigenvalue weighted by molar-refractivity contribution is 5.84. The van der Waals surface area contributed by atoms with Crippen molar-refractivity contribution in [1.29, 1.82) is 0 Å². The molecule has 0 radical (unpaired) electrons. The summed E-state index contributed by atoms with van der Waals surface area (Å²) in [7, 11) is 0. The molecule has 1 aromatic heterocycles. The SMILES string of the molecule is c1ccc2c(c1)OCC(CN1CCc3[nH]c4ccccc4c3C1)O2. The number of hydrogen-bond acceptors (Lipinski definition) is 3. The standard InChI is InChI=1S/C20H20N2O2/c1-2-6-17-15(5-1)16-12-22(10-9-18(16)21-17)11-14-13-23-19-7-3-4-8-20(19)24-14/h1-8,14,21H,9-13H2. The van der Waals surface area contributed by atoms with Gasteiger partial charge in [0.05, 0.1) is 0 Å². The summed E-state index contributed by atoms with van der Waals surface area (Å²) < 4.78 is 12.0. The molecule has 1 N–H and O–H groups in total. The fraction of sp³-hybridized carbons (Fsp3) is 0.300. The van der Waals surface area contributed by atoms with E-state index in [0.29, 0.717) is 6.61 Å². The van der Waals surface area contributed by atoms with Crippen LogP contribution in [-0.4, -0.2) is 35.7 Å². The number of benzene rings is 2. The van der Waals surface area contributed by atoms with E-state index in [1.165, 1.54) is 22.2 Å². The number of H-pyrrole nitrogens is 1. The first kappa shape index (κ1) is 13.9. The van der Waals surface area contributed by atoms with Gasteiger partial charge in [-0.25, -0.2) is 0 Å². The van der Waals surface area contributed by atoms with Crippen molar-refractivity contribution in [3.8, 4) is 11.5 Å². The lowest BCUT2D eigenvalue weighted by atomic mass is 10.0. The summed E-state index contributed by atoms with van der Waals surface area (Å²) in [6, 6.07) is 16.5. The maximum absolute atomic E-state index is 6.12. The van der Waals surface area contributed by atoms with Crippen LogP contribution in [0.1, 0.15) is 11.3 Å². The van der Waals surface area contributed by atoms with Crippen molar-refractivity contribution in [3.05, 3.63) is 59.8 Å². The van der Waals surface area contributed by atoms with E-state index in [0.717, 1.165) is 37.6 Å². The van der Waals surface area contributed by atoms with Gasteiger partial charge in [0, 0.05) is 42.7 Å². The highest BCUT2D eigenvalue weighted by Gasteiger charge is 2.26. The summed E-state index contributed by atoms with van der Waals surface area (Å²) in [4.78, 5) is 6.05. The number of nitrogens with zero attached hydrogens (tertiary/aromatic N) is 1. The molecule has 0 amide bonds. The van der Waals surface area contributed by atoms with Crippen LogP contribution < -0.4 is 9.47 Å². The molecule has 2 aliphatic rings. The molecular weight excluding hydrogens is 300 g/mol. The van der Waals surface area contributed by atoms with Crippen molar-refractivity contribution >= 4 is 10.9 Å². The van der Waals surface area contributed by atoms with Gasteiger partial charge < -0.3 is 14.5 Å². The predicted molar refractivity (Wildman–Crippen MR) is 93.6 cm³/mol. The number of rotatable bonds is 2. The van der Waals surface area contributed by atoms with Crippen molar-refractivity contribution in [3.63, 3.8) is 0 Å². The van der Waals surface area contributed by atoms with Gasteiger partial charge in [-0.05, 0) is 23.8 Å². The van der Waals surface area contributed by atoms with Crippen LogP contribution in [-0.2, 0) is 13.0 Å². The summed E-state index contributed by atoms with van der Waals surface area (Å²) in [6.07, 6.45) is 1.15. The lowest BCUT2D eigenvalue weighted by Gasteiger charge is -2.33. The minimum atomic E-state index is 0.0895. The zero-order valence-electron chi connectivity index (χ0n) is 13.5. The predicted octanol–water partition coefficient (Wildman–Crippen LogP) is 3.37. The van der Waals surface area contributed by atoms with E-state index in [4.69, 9.17) is 9.47 Å². The van der Waals surface area contributed by atoms with Gasteiger partial charge >= 0.3 is 0 Å². The second kappa shape index (κ2) is 5.56. The fourth-order valence-corrected chi connectivity index (χ4v) is 3.82. The summed E-state index contributed by atoms with van der Waals surface area (Å²) in [6.45, 7) is 3.55. The van der Waals surface area contributed by atoms with E-state index in [2.05, 4.69) is 34.1 Å². The van der Waals surface area contributed by atoms with Crippen LogP contribution in [0.4, 0.5) is 0 Å². The molecule has 1 unspecified atom stereocenters. The highest BCUT2D eigenvalue weighted by Crippen LogP contribution is 2.32. The van der Waals surface area contributed by atoms with Crippen LogP contribution in [0.25, 0.3) is 10.9 Å². The Hall–Kier alpha value is -2.46. The fourth-order valence-electron chi connectivity index (χ4n) is 3.82. The third-order valence-corrected chi connectivity index (χ3v) is 4.99. The van der Waals surface area contributed by atoms with E-state index < -0.39 is 0 Å². The number of aromatic nitrogens is 1. The maximum Gasteiger partial charge on any atom is 0.161 e. The highest BCUT2D eigenvalue weighted by atomic mass is 16.6. The average Bonchev–Trinajstić information content (AvgIpc) is 3.00. The van der Waals surface area contributed by atoms with Crippen LogP contribution in [0.3, 0.4) is 0 Å². The Bertz CT molecular complexity index is 886. The third-order valence-electron chi connectivity index (χ3n) is 4.99. The number of hydrogen-bond donors (Lipinski definition) is 1. The van der Waals surface area contributed by atoms with Gasteiger partial charge in [-0.2, -0.15) is 0 Å². The van der Waals surface area contributed by atoms with Gasteiger partial charge in [0.1, 0.15) is 12.7 Å². The third kappa shape index (κ3) is 2.34. The lowest BCUT2D eigenvalue weighted by molar-refractivity contribution is 0.0550. The Morgan fingerprint density at radius 3 is 2.83 bits per heavy atom. The number of aromatic amines is 1. The molecule has 3 aromatic rings. The van der Waals surface area contributed by atoms with Gasteiger partial charge in [-0.15, -0.1) is 0 Å². The second-order valence-corrected chi connectivity index (χ2v) is 6.61. The molecule has 0 saturated carbocycles. The Labute approximate surface area is 141 Å². The van der Waals surface area contributed by atoms with Crippen molar-refractivity contribution in [2.45, 2.75) is 19.1 Å². The van der Waals surface area contributed by atoms with Gasteiger partial charge in [0.25, 0.3) is 0 Å². The quantitative estimate of drug-likeness (QED) is 0.787. The van der Waals surface area contributed by atoms with Crippen molar-refractivity contribution < 1.29 is 9.47 Å². The van der Waals surface area contributed by atoms with E-state index in [1.807, 2.05) is 24.3 Å². The zero-order valence-corrected chi connectivity index (χ0v) is 13.5. The number of fused-ring (bicyclic) bond motifs is 4.